The van der Waals surface area contributed by atoms with Crippen molar-refractivity contribution >= 4 is 29.1 Å². The van der Waals surface area contributed by atoms with Gasteiger partial charge in [0.25, 0.3) is 0 Å². The molecular formula is C11H13ClN2O3. The Morgan fingerprint density at radius 3 is 2.59 bits per heavy atom. The molecule has 0 saturated carbocycles. The molecule has 0 bridgehead atoms. The van der Waals surface area contributed by atoms with Crippen molar-refractivity contribution in [2.75, 3.05) is 11.9 Å². The summed E-state index contributed by atoms with van der Waals surface area (Å²) in [5.74, 6) is -1.63. The van der Waals surface area contributed by atoms with E-state index in [1.54, 1.807) is 31.2 Å². The lowest BCUT2D eigenvalue weighted by molar-refractivity contribution is -0.136. The molecule has 1 rings (SSSR count). The van der Waals surface area contributed by atoms with Crippen molar-refractivity contribution in [2.24, 2.45) is 0 Å². The summed E-state index contributed by atoms with van der Waals surface area (Å²) in [5.41, 5.74) is 0.367. The van der Waals surface area contributed by atoms with Gasteiger partial charge < -0.3 is 15.7 Å². The van der Waals surface area contributed by atoms with Crippen LogP contribution < -0.4 is 10.6 Å². The summed E-state index contributed by atoms with van der Waals surface area (Å²) < 4.78 is 0. The van der Waals surface area contributed by atoms with Crippen LogP contribution in [0, 0.1) is 0 Å². The molecule has 5 nitrogen and oxygen atoms in total. The van der Waals surface area contributed by atoms with Crippen molar-refractivity contribution in [2.45, 2.75) is 13.0 Å². The highest BCUT2D eigenvalue weighted by Gasteiger charge is 2.16. The van der Waals surface area contributed by atoms with E-state index in [1.807, 2.05) is 0 Å². The van der Waals surface area contributed by atoms with Crippen LogP contribution in [0.5, 0.6) is 0 Å². The summed E-state index contributed by atoms with van der Waals surface area (Å²) in [6.45, 7) is 1.35. The molecule has 0 aliphatic heterocycles. The number of para-hydroxylation sites is 1. The number of carbonyl (C=O) groups is 2. The average Bonchev–Trinajstić information content (AvgIpc) is 2.31. The zero-order chi connectivity index (χ0) is 12.8. The zero-order valence-electron chi connectivity index (χ0n) is 9.24. The molecule has 17 heavy (non-hydrogen) atoms. The van der Waals surface area contributed by atoms with E-state index < -0.39 is 17.9 Å². The SMILES string of the molecule is CC(CO)NC(=O)C(=O)Nc1ccccc1Cl. The summed E-state index contributed by atoms with van der Waals surface area (Å²) >= 11 is 5.82. The van der Waals surface area contributed by atoms with Crippen LogP contribution in [0.1, 0.15) is 6.92 Å². The van der Waals surface area contributed by atoms with Gasteiger partial charge in [0.1, 0.15) is 0 Å². The minimum absolute atomic E-state index is 0.231. The fraction of sp³-hybridized carbons (Fsp3) is 0.273. The Kier molecular flexibility index (Phi) is 4.93. The summed E-state index contributed by atoms with van der Waals surface area (Å²) in [6, 6.07) is 6.12. The fourth-order valence-corrected chi connectivity index (χ4v) is 1.26. The van der Waals surface area contributed by atoms with Gasteiger partial charge in [-0.3, -0.25) is 9.59 Å². The van der Waals surface area contributed by atoms with Crippen LogP contribution in [-0.4, -0.2) is 29.6 Å². The van der Waals surface area contributed by atoms with Crippen LogP contribution in [0.2, 0.25) is 5.02 Å². The van der Waals surface area contributed by atoms with Crippen molar-refractivity contribution < 1.29 is 14.7 Å². The third-order valence-corrected chi connectivity index (χ3v) is 2.31. The Balaban J connectivity index is 2.61. The molecule has 0 radical (unpaired) electrons. The van der Waals surface area contributed by atoms with Crippen LogP contribution in [0.25, 0.3) is 0 Å². The number of hydrogen-bond acceptors (Lipinski definition) is 3. The van der Waals surface area contributed by atoms with E-state index in [9.17, 15) is 9.59 Å². The molecule has 0 aliphatic carbocycles. The maximum atomic E-state index is 11.5. The molecule has 0 aliphatic rings. The number of hydrogen-bond donors (Lipinski definition) is 3. The summed E-state index contributed by atoms with van der Waals surface area (Å²) in [7, 11) is 0. The van der Waals surface area contributed by atoms with Crippen LogP contribution in [-0.2, 0) is 9.59 Å². The van der Waals surface area contributed by atoms with Gasteiger partial charge in [-0.05, 0) is 19.1 Å². The van der Waals surface area contributed by atoms with Crippen molar-refractivity contribution in [3.63, 3.8) is 0 Å². The topological polar surface area (TPSA) is 78.4 Å². The molecule has 6 heteroatoms. The Morgan fingerprint density at radius 1 is 1.35 bits per heavy atom. The van der Waals surface area contributed by atoms with Crippen LogP contribution >= 0.6 is 11.6 Å². The lowest BCUT2D eigenvalue weighted by Crippen LogP contribution is -2.42. The van der Waals surface area contributed by atoms with E-state index in [-0.39, 0.29) is 6.61 Å². The number of benzene rings is 1. The molecule has 1 unspecified atom stereocenters. The number of aliphatic hydroxyl groups is 1. The minimum Gasteiger partial charge on any atom is -0.394 e. The predicted molar refractivity (Wildman–Crippen MR) is 64.8 cm³/mol. The molecular weight excluding hydrogens is 244 g/mol. The Labute approximate surface area is 104 Å². The van der Waals surface area contributed by atoms with Crippen LogP contribution in [0.15, 0.2) is 24.3 Å². The highest BCUT2D eigenvalue weighted by molar-refractivity contribution is 6.41. The first-order chi connectivity index (χ1) is 8.04. The Bertz CT molecular complexity index is 423. The first kappa shape index (κ1) is 13.5. The Morgan fingerprint density at radius 2 is 2.00 bits per heavy atom. The molecule has 0 saturated heterocycles. The number of amides is 2. The molecule has 3 N–H and O–H groups in total. The van der Waals surface area contributed by atoms with E-state index in [0.717, 1.165) is 0 Å². The molecule has 2 amide bonds. The molecule has 0 spiro atoms. The maximum absolute atomic E-state index is 11.5. The second-order valence-corrected chi connectivity index (χ2v) is 3.90. The van der Waals surface area contributed by atoms with Gasteiger partial charge >= 0.3 is 11.8 Å². The van der Waals surface area contributed by atoms with E-state index in [4.69, 9.17) is 16.7 Å². The smallest absolute Gasteiger partial charge is 0.313 e. The number of carbonyl (C=O) groups excluding carboxylic acids is 2. The number of halogens is 1. The average molecular weight is 257 g/mol. The largest absolute Gasteiger partial charge is 0.394 e. The van der Waals surface area contributed by atoms with Gasteiger partial charge in [-0.2, -0.15) is 0 Å². The first-order valence-corrected chi connectivity index (χ1v) is 5.39. The monoisotopic (exact) mass is 256 g/mol. The van der Waals surface area contributed by atoms with Gasteiger partial charge in [0, 0.05) is 6.04 Å². The number of aliphatic hydroxyl groups excluding tert-OH is 1. The Hall–Kier alpha value is -1.59. The lowest BCUT2D eigenvalue weighted by Gasteiger charge is -2.11. The normalized spacial score (nSPS) is 11.7. The van der Waals surface area contributed by atoms with E-state index in [1.165, 1.54) is 0 Å². The predicted octanol–water partition coefficient (Wildman–Crippen LogP) is 0.775. The van der Waals surface area contributed by atoms with Crippen LogP contribution in [0.4, 0.5) is 5.69 Å². The van der Waals surface area contributed by atoms with Gasteiger partial charge in [0.2, 0.25) is 0 Å². The van der Waals surface area contributed by atoms with Gasteiger partial charge in [0.05, 0.1) is 17.3 Å². The van der Waals surface area contributed by atoms with E-state index in [0.29, 0.717) is 10.7 Å². The van der Waals surface area contributed by atoms with Gasteiger partial charge in [0.15, 0.2) is 0 Å². The molecule has 1 atom stereocenters. The quantitative estimate of drug-likeness (QED) is 0.699. The maximum Gasteiger partial charge on any atom is 0.313 e. The third-order valence-electron chi connectivity index (χ3n) is 1.98. The first-order valence-electron chi connectivity index (χ1n) is 5.02. The zero-order valence-corrected chi connectivity index (χ0v) is 9.99. The van der Waals surface area contributed by atoms with Crippen molar-refractivity contribution in [3.05, 3.63) is 29.3 Å². The van der Waals surface area contributed by atoms with Gasteiger partial charge in [-0.25, -0.2) is 0 Å². The minimum atomic E-state index is -0.821. The summed E-state index contributed by atoms with van der Waals surface area (Å²) in [5, 5.41) is 13.8. The molecule has 0 fully saturated rings. The van der Waals surface area contributed by atoms with E-state index >= 15 is 0 Å². The molecule has 0 aromatic heterocycles. The fourth-order valence-electron chi connectivity index (χ4n) is 1.08. The van der Waals surface area contributed by atoms with Crippen LogP contribution in [0.3, 0.4) is 0 Å². The highest BCUT2D eigenvalue weighted by Crippen LogP contribution is 2.20. The standard InChI is InChI=1S/C11H13ClN2O3/c1-7(6-15)13-10(16)11(17)14-9-5-3-2-4-8(9)12/h2-5,7,15H,6H2,1H3,(H,13,16)(H,14,17). The second kappa shape index (κ2) is 6.22. The molecule has 1 aromatic rings. The van der Waals surface area contributed by atoms with Crippen molar-refractivity contribution in [1.82, 2.24) is 5.32 Å². The molecule has 92 valence electrons. The van der Waals surface area contributed by atoms with Gasteiger partial charge in [-0.1, -0.05) is 23.7 Å². The number of rotatable bonds is 3. The van der Waals surface area contributed by atoms with Crippen molar-refractivity contribution in [3.8, 4) is 0 Å². The number of anilines is 1. The third kappa shape index (κ3) is 4.05. The lowest BCUT2D eigenvalue weighted by atomic mass is 10.3. The molecule has 1 aromatic carbocycles. The summed E-state index contributed by atoms with van der Waals surface area (Å²) in [6.07, 6.45) is 0. The van der Waals surface area contributed by atoms with E-state index in [2.05, 4.69) is 10.6 Å². The summed E-state index contributed by atoms with van der Waals surface area (Å²) in [4.78, 5) is 22.8. The highest BCUT2D eigenvalue weighted by atomic mass is 35.5. The van der Waals surface area contributed by atoms with Crippen molar-refractivity contribution in [1.29, 1.82) is 0 Å². The van der Waals surface area contributed by atoms with Gasteiger partial charge in [-0.15, -0.1) is 0 Å². The number of nitrogens with one attached hydrogen (secondary N) is 2. The molecule has 0 heterocycles. The second-order valence-electron chi connectivity index (χ2n) is 3.49.